The first-order valence-electron chi connectivity index (χ1n) is 3.94. The number of amides is 1. The topological polar surface area (TPSA) is 20.3 Å². The van der Waals surface area contributed by atoms with E-state index in [1.165, 1.54) is 0 Å². The number of rotatable bonds is 2. The third-order valence-corrected chi connectivity index (χ3v) is 1.70. The predicted octanol–water partition coefficient (Wildman–Crippen LogP) is 1.74. The molecule has 0 saturated heterocycles. The normalized spacial score (nSPS) is 8.77. The minimum atomic E-state index is 0. The Balaban J connectivity index is 0.00000144. The molecule has 0 atom stereocenters. The molecule has 1 rings (SSSR count). The lowest BCUT2D eigenvalue weighted by Crippen LogP contribution is -2.23. The van der Waals surface area contributed by atoms with Crippen molar-refractivity contribution in [1.82, 2.24) is 4.90 Å². The Morgan fingerprint density at radius 3 is 2.23 bits per heavy atom. The Labute approximate surface area is 85.0 Å². The molecule has 1 amide bonds. The van der Waals surface area contributed by atoms with Crippen molar-refractivity contribution < 1.29 is 4.79 Å². The summed E-state index contributed by atoms with van der Waals surface area (Å²) in [6.07, 6.45) is 0.494. The van der Waals surface area contributed by atoms with Gasteiger partial charge in [-0.2, -0.15) is 0 Å². The van der Waals surface area contributed by atoms with Crippen LogP contribution in [-0.2, 0) is 11.2 Å². The van der Waals surface area contributed by atoms with Gasteiger partial charge in [0.25, 0.3) is 0 Å². The van der Waals surface area contributed by atoms with Gasteiger partial charge in [0.1, 0.15) is 0 Å². The highest BCUT2D eigenvalue weighted by molar-refractivity contribution is 5.85. The Kier molecular flexibility index (Phi) is 5.16. The lowest BCUT2D eigenvalue weighted by atomic mass is 10.1. The van der Waals surface area contributed by atoms with E-state index in [-0.39, 0.29) is 18.3 Å². The van der Waals surface area contributed by atoms with Crippen LogP contribution in [0.4, 0.5) is 0 Å². The van der Waals surface area contributed by atoms with Crippen LogP contribution in [0.25, 0.3) is 0 Å². The second-order valence-electron chi connectivity index (χ2n) is 2.95. The lowest BCUT2D eigenvalue weighted by molar-refractivity contribution is -0.127. The third kappa shape index (κ3) is 3.95. The van der Waals surface area contributed by atoms with Crippen molar-refractivity contribution >= 4 is 18.3 Å². The number of likely N-dealkylation sites (N-methyl/N-ethyl adjacent to an activating group) is 1. The summed E-state index contributed by atoms with van der Waals surface area (Å²) in [5, 5.41) is 0. The molecular weight excluding hydrogens is 186 g/mol. The average Bonchev–Trinajstić information content (AvgIpc) is 2.06. The van der Waals surface area contributed by atoms with E-state index in [0.717, 1.165) is 5.56 Å². The summed E-state index contributed by atoms with van der Waals surface area (Å²) in [6.45, 7) is 0. The molecule has 0 bridgehead atoms. The van der Waals surface area contributed by atoms with Crippen molar-refractivity contribution in [3.05, 3.63) is 35.9 Å². The van der Waals surface area contributed by atoms with Crippen LogP contribution in [0.5, 0.6) is 0 Å². The molecule has 0 saturated carbocycles. The van der Waals surface area contributed by atoms with Gasteiger partial charge >= 0.3 is 0 Å². The molecule has 0 unspecified atom stereocenters. The molecule has 0 aliphatic heterocycles. The number of nitrogens with zero attached hydrogens (tertiary/aromatic N) is 1. The van der Waals surface area contributed by atoms with Gasteiger partial charge in [-0.1, -0.05) is 30.3 Å². The van der Waals surface area contributed by atoms with Crippen LogP contribution in [0.1, 0.15) is 5.56 Å². The summed E-state index contributed by atoms with van der Waals surface area (Å²) in [6, 6.07) is 9.75. The van der Waals surface area contributed by atoms with E-state index in [1.807, 2.05) is 30.3 Å². The number of benzene rings is 1. The summed E-state index contributed by atoms with van der Waals surface area (Å²) >= 11 is 0. The maximum absolute atomic E-state index is 11.2. The minimum Gasteiger partial charge on any atom is -0.349 e. The van der Waals surface area contributed by atoms with Crippen molar-refractivity contribution in [3.63, 3.8) is 0 Å². The molecule has 0 heterocycles. The maximum atomic E-state index is 11.2. The van der Waals surface area contributed by atoms with Crippen molar-refractivity contribution in [3.8, 4) is 0 Å². The molecule has 0 aliphatic rings. The quantitative estimate of drug-likeness (QED) is 0.711. The summed E-state index contributed by atoms with van der Waals surface area (Å²) < 4.78 is 0. The van der Waals surface area contributed by atoms with E-state index < -0.39 is 0 Å². The Morgan fingerprint density at radius 2 is 1.77 bits per heavy atom. The van der Waals surface area contributed by atoms with Crippen LogP contribution in [0.2, 0.25) is 0 Å². The zero-order chi connectivity index (χ0) is 8.97. The first-order valence-corrected chi connectivity index (χ1v) is 3.94. The van der Waals surface area contributed by atoms with Crippen molar-refractivity contribution in [1.29, 1.82) is 0 Å². The molecular formula is C10H14ClNO. The van der Waals surface area contributed by atoms with Crippen LogP contribution in [0.15, 0.2) is 30.3 Å². The molecule has 0 N–H and O–H groups in total. The fraction of sp³-hybridized carbons (Fsp3) is 0.300. The van der Waals surface area contributed by atoms with Crippen LogP contribution in [0, 0.1) is 0 Å². The molecule has 1 aromatic rings. The zero-order valence-corrected chi connectivity index (χ0v) is 8.67. The fourth-order valence-corrected chi connectivity index (χ4v) is 0.929. The van der Waals surface area contributed by atoms with Gasteiger partial charge in [-0.25, -0.2) is 0 Å². The van der Waals surface area contributed by atoms with Crippen LogP contribution >= 0.6 is 12.4 Å². The predicted molar refractivity (Wildman–Crippen MR) is 56.1 cm³/mol. The third-order valence-electron chi connectivity index (χ3n) is 1.70. The van der Waals surface area contributed by atoms with E-state index in [0.29, 0.717) is 6.42 Å². The standard InChI is InChI=1S/C10H13NO.ClH/c1-11(2)10(12)8-9-6-4-3-5-7-9;/h3-7H,8H2,1-2H3;1H. The Hall–Kier alpha value is -1.02. The largest absolute Gasteiger partial charge is 0.349 e. The van der Waals surface area contributed by atoms with Gasteiger partial charge in [-0.3, -0.25) is 4.79 Å². The monoisotopic (exact) mass is 199 g/mol. The van der Waals surface area contributed by atoms with Crippen LogP contribution in [0.3, 0.4) is 0 Å². The molecule has 0 aliphatic carbocycles. The highest BCUT2D eigenvalue weighted by Gasteiger charge is 2.03. The second kappa shape index (κ2) is 5.60. The van der Waals surface area contributed by atoms with Gasteiger partial charge in [0.2, 0.25) is 5.91 Å². The van der Waals surface area contributed by atoms with Crippen molar-refractivity contribution in [2.24, 2.45) is 0 Å². The van der Waals surface area contributed by atoms with Gasteiger partial charge in [-0.15, -0.1) is 12.4 Å². The molecule has 0 aromatic heterocycles. The number of hydrogen-bond donors (Lipinski definition) is 0. The SMILES string of the molecule is CN(C)C(=O)Cc1ccccc1.Cl. The first-order chi connectivity index (χ1) is 5.70. The maximum Gasteiger partial charge on any atom is 0.226 e. The smallest absolute Gasteiger partial charge is 0.226 e. The lowest BCUT2D eigenvalue weighted by Gasteiger charge is -2.09. The second-order valence-corrected chi connectivity index (χ2v) is 2.95. The summed E-state index contributed by atoms with van der Waals surface area (Å²) in [7, 11) is 3.54. The number of carbonyl (C=O) groups excluding carboxylic acids is 1. The van der Waals surface area contributed by atoms with Gasteiger partial charge in [0, 0.05) is 14.1 Å². The Bertz CT molecular complexity index is 259. The van der Waals surface area contributed by atoms with Crippen LogP contribution < -0.4 is 0 Å². The Morgan fingerprint density at radius 1 is 1.23 bits per heavy atom. The molecule has 0 spiro atoms. The minimum absolute atomic E-state index is 0. The average molecular weight is 200 g/mol. The number of halogens is 1. The van der Waals surface area contributed by atoms with E-state index >= 15 is 0 Å². The van der Waals surface area contributed by atoms with Gasteiger partial charge in [0.05, 0.1) is 6.42 Å². The van der Waals surface area contributed by atoms with Crippen molar-refractivity contribution in [2.45, 2.75) is 6.42 Å². The molecule has 13 heavy (non-hydrogen) atoms. The van der Waals surface area contributed by atoms with E-state index in [9.17, 15) is 4.79 Å². The van der Waals surface area contributed by atoms with Crippen LogP contribution in [-0.4, -0.2) is 24.9 Å². The van der Waals surface area contributed by atoms with E-state index in [1.54, 1.807) is 19.0 Å². The van der Waals surface area contributed by atoms with Gasteiger partial charge in [0.15, 0.2) is 0 Å². The van der Waals surface area contributed by atoms with E-state index in [2.05, 4.69) is 0 Å². The van der Waals surface area contributed by atoms with Gasteiger partial charge in [-0.05, 0) is 5.56 Å². The molecule has 2 nitrogen and oxygen atoms in total. The molecule has 1 aromatic carbocycles. The molecule has 0 fully saturated rings. The van der Waals surface area contributed by atoms with Crippen molar-refractivity contribution in [2.75, 3.05) is 14.1 Å². The summed E-state index contributed by atoms with van der Waals surface area (Å²) in [5.74, 6) is 0.140. The molecule has 3 heteroatoms. The summed E-state index contributed by atoms with van der Waals surface area (Å²) in [5.41, 5.74) is 1.07. The highest BCUT2D eigenvalue weighted by atomic mass is 35.5. The first kappa shape index (κ1) is 12.0. The zero-order valence-electron chi connectivity index (χ0n) is 7.86. The number of hydrogen-bond acceptors (Lipinski definition) is 1. The van der Waals surface area contributed by atoms with E-state index in [4.69, 9.17) is 0 Å². The van der Waals surface area contributed by atoms with Gasteiger partial charge < -0.3 is 4.90 Å². The number of carbonyl (C=O) groups is 1. The molecule has 0 radical (unpaired) electrons. The molecule has 72 valence electrons. The fourth-order valence-electron chi connectivity index (χ4n) is 0.929. The summed E-state index contributed by atoms with van der Waals surface area (Å²) in [4.78, 5) is 12.8. The highest BCUT2D eigenvalue weighted by Crippen LogP contribution is 2.00.